The SMILES string of the molecule is CCCCCCC(CC(F)COc1ccccc1)[C@H]1CC[C@H](CCC)CC1. The Morgan fingerprint density at radius 3 is 2.37 bits per heavy atom. The van der Waals surface area contributed by atoms with Crippen LogP contribution in [0, 0.1) is 17.8 Å². The normalized spacial score (nSPS) is 22.3. The van der Waals surface area contributed by atoms with Crippen molar-refractivity contribution in [1.82, 2.24) is 0 Å². The Balaban J connectivity index is 1.81. The summed E-state index contributed by atoms with van der Waals surface area (Å²) in [6, 6.07) is 9.65. The molecule has 1 aliphatic carbocycles. The van der Waals surface area contributed by atoms with E-state index in [1.54, 1.807) is 0 Å². The van der Waals surface area contributed by atoms with Gasteiger partial charge in [-0.15, -0.1) is 0 Å². The van der Waals surface area contributed by atoms with E-state index < -0.39 is 6.17 Å². The zero-order chi connectivity index (χ0) is 19.3. The zero-order valence-corrected chi connectivity index (χ0v) is 17.7. The van der Waals surface area contributed by atoms with Gasteiger partial charge < -0.3 is 4.74 Å². The number of unbranched alkanes of at least 4 members (excludes halogenated alkanes) is 3. The minimum atomic E-state index is -0.852. The van der Waals surface area contributed by atoms with Gasteiger partial charge in [-0.3, -0.25) is 0 Å². The summed E-state index contributed by atoms with van der Waals surface area (Å²) in [7, 11) is 0. The fourth-order valence-corrected chi connectivity index (χ4v) is 4.84. The molecule has 1 aromatic carbocycles. The van der Waals surface area contributed by atoms with Crippen LogP contribution in [0.5, 0.6) is 5.75 Å². The van der Waals surface area contributed by atoms with Crippen LogP contribution in [-0.4, -0.2) is 12.8 Å². The molecule has 0 aromatic heterocycles. The van der Waals surface area contributed by atoms with Crippen molar-refractivity contribution in [3.8, 4) is 5.75 Å². The van der Waals surface area contributed by atoms with Gasteiger partial charge in [-0.2, -0.15) is 0 Å². The molecular weight excluding hydrogens is 335 g/mol. The van der Waals surface area contributed by atoms with Crippen molar-refractivity contribution in [3.63, 3.8) is 0 Å². The Hall–Kier alpha value is -1.05. The molecule has 2 heteroatoms. The number of rotatable bonds is 13. The van der Waals surface area contributed by atoms with E-state index in [4.69, 9.17) is 4.74 Å². The maximum atomic E-state index is 14.7. The second-order valence-electron chi connectivity index (χ2n) is 8.64. The molecule has 2 rings (SSSR count). The fourth-order valence-electron chi connectivity index (χ4n) is 4.84. The number of halogens is 1. The van der Waals surface area contributed by atoms with Crippen LogP contribution in [0.1, 0.15) is 90.9 Å². The Bertz CT molecular complexity index is 466. The van der Waals surface area contributed by atoms with Gasteiger partial charge in [0.1, 0.15) is 18.5 Å². The molecule has 0 bridgehead atoms. The third-order valence-corrected chi connectivity index (χ3v) is 6.42. The lowest BCUT2D eigenvalue weighted by atomic mass is 9.72. The molecule has 1 fully saturated rings. The Morgan fingerprint density at radius 2 is 1.70 bits per heavy atom. The summed E-state index contributed by atoms with van der Waals surface area (Å²) in [5.41, 5.74) is 0. The molecule has 27 heavy (non-hydrogen) atoms. The van der Waals surface area contributed by atoms with Gasteiger partial charge in [0.2, 0.25) is 0 Å². The number of benzene rings is 1. The summed E-state index contributed by atoms with van der Waals surface area (Å²) in [6.45, 7) is 4.74. The van der Waals surface area contributed by atoms with Crippen molar-refractivity contribution in [1.29, 1.82) is 0 Å². The molecule has 1 nitrogen and oxygen atoms in total. The molecule has 1 aromatic rings. The summed E-state index contributed by atoms with van der Waals surface area (Å²) < 4.78 is 20.4. The van der Waals surface area contributed by atoms with E-state index in [9.17, 15) is 4.39 Å². The van der Waals surface area contributed by atoms with Crippen LogP contribution in [0.3, 0.4) is 0 Å². The van der Waals surface area contributed by atoms with E-state index in [0.29, 0.717) is 12.3 Å². The molecule has 0 spiro atoms. The van der Waals surface area contributed by atoms with Crippen molar-refractivity contribution in [2.24, 2.45) is 17.8 Å². The summed E-state index contributed by atoms with van der Waals surface area (Å²) in [6.07, 6.45) is 14.2. The van der Waals surface area contributed by atoms with E-state index in [0.717, 1.165) is 17.6 Å². The van der Waals surface area contributed by atoms with Crippen LogP contribution in [0.4, 0.5) is 4.39 Å². The average molecular weight is 377 g/mol. The molecule has 0 aliphatic heterocycles. The van der Waals surface area contributed by atoms with Crippen LogP contribution in [0.15, 0.2) is 30.3 Å². The van der Waals surface area contributed by atoms with Crippen molar-refractivity contribution in [2.45, 2.75) is 97.1 Å². The van der Waals surface area contributed by atoms with Crippen molar-refractivity contribution in [3.05, 3.63) is 30.3 Å². The quantitative estimate of drug-likeness (QED) is 0.317. The molecular formula is C25H41FO. The smallest absolute Gasteiger partial charge is 0.134 e. The number of alkyl halides is 1. The highest BCUT2D eigenvalue weighted by atomic mass is 19.1. The minimum Gasteiger partial charge on any atom is -0.491 e. The summed E-state index contributed by atoms with van der Waals surface area (Å²) in [4.78, 5) is 0. The largest absolute Gasteiger partial charge is 0.491 e. The molecule has 0 heterocycles. The molecule has 0 saturated heterocycles. The van der Waals surface area contributed by atoms with Gasteiger partial charge in [-0.25, -0.2) is 4.39 Å². The molecule has 0 radical (unpaired) electrons. The lowest BCUT2D eigenvalue weighted by Crippen LogP contribution is -2.26. The standard InChI is InChI=1S/C25H41FO/c1-3-5-6-8-12-23(22-17-15-21(11-4-2)16-18-22)19-24(26)20-27-25-13-9-7-10-14-25/h7,9-10,13-14,21-24H,3-6,8,11-12,15-20H2,1-2H3/t21-,22-,23?,24?. The van der Waals surface area contributed by atoms with Crippen molar-refractivity contribution >= 4 is 0 Å². The predicted molar refractivity (Wildman–Crippen MR) is 114 cm³/mol. The molecule has 1 saturated carbocycles. The van der Waals surface area contributed by atoms with Gasteiger partial charge in [-0.05, 0) is 49.1 Å². The van der Waals surface area contributed by atoms with Crippen LogP contribution >= 0.6 is 0 Å². The Morgan fingerprint density at radius 1 is 0.963 bits per heavy atom. The van der Waals surface area contributed by atoms with E-state index >= 15 is 0 Å². The summed E-state index contributed by atoms with van der Waals surface area (Å²) in [5.74, 6) is 2.97. The highest BCUT2D eigenvalue weighted by molar-refractivity contribution is 5.20. The first-order valence-electron chi connectivity index (χ1n) is 11.5. The molecule has 2 atom stereocenters. The van der Waals surface area contributed by atoms with Gasteiger partial charge in [-0.1, -0.05) is 89.8 Å². The molecule has 154 valence electrons. The van der Waals surface area contributed by atoms with Gasteiger partial charge in [0.15, 0.2) is 0 Å². The summed E-state index contributed by atoms with van der Waals surface area (Å²) >= 11 is 0. The lowest BCUT2D eigenvalue weighted by Gasteiger charge is -2.34. The van der Waals surface area contributed by atoms with Crippen LogP contribution in [-0.2, 0) is 0 Å². The van der Waals surface area contributed by atoms with Gasteiger partial charge in [0, 0.05) is 0 Å². The zero-order valence-electron chi connectivity index (χ0n) is 17.7. The average Bonchev–Trinajstić information content (AvgIpc) is 2.70. The number of ether oxygens (including phenoxy) is 1. The minimum absolute atomic E-state index is 0.195. The van der Waals surface area contributed by atoms with Crippen LogP contribution in [0.2, 0.25) is 0 Å². The van der Waals surface area contributed by atoms with E-state index in [2.05, 4.69) is 13.8 Å². The second kappa shape index (κ2) is 13.2. The first-order chi connectivity index (χ1) is 13.2. The molecule has 0 amide bonds. The fraction of sp³-hybridized carbons (Fsp3) is 0.760. The van der Waals surface area contributed by atoms with Gasteiger partial charge >= 0.3 is 0 Å². The number of para-hydroxylation sites is 1. The van der Waals surface area contributed by atoms with Crippen molar-refractivity contribution in [2.75, 3.05) is 6.61 Å². The van der Waals surface area contributed by atoms with Gasteiger partial charge in [0.25, 0.3) is 0 Å². The maximum absolute atomic E-state index is 14.7. The van der Waals surface area contributed by atoms with Crippen LogP contribution < -0.4 is 4.74 Å². The second-order valence-corrected chi connectivity index (χ2v) is 8.64. The highest BCUT2D eigenvalue weighted by Crippen LogP contribution is 2.39. The summed E-state index contributed by atoms with van der Waals surface area (Å²) in [5, 5.41) is 0. The molecule has 2 unspecified atom stereocenters. The van der Waals surface area contributed by atoms with Gasteiger partial charge in [0.05, 0.1) is 0 Å². The third-order valence-electron chi connectivity index (χ3n) is 6.42. The molecule has 1 aliphatic rings. The molecule has 0 N–H and O–H groups in total. The topological polar surface area (TPSA) is 9.23 Å². The van der Waals surface area contributed by atoms with Crippen molar-refractivity contribution < 1.29 is 9.13 Å². The Kier molecular flexibility index (Phi) is 10.9. The maximum Gasteiger partial charge on any atom is 0.134 e. The Labute approximate surface area is 167 Å². The lowest BCUT2D eigenvalue weighted by molar-refractivity contribution is 0.119. The first-order valence-corrected chi connectivity index (χ1v) is 11.5. The first kappa shape index (κ1) is 22.2. The van der Waals surface area contributed by atoms with E-state index in [1.807, 2.05) is 30.3 Å². The monoisotopic (exact) mass is 376 g/mol. The van der Waals surface area contributed by atoms with E-state index in [1.165, 1.54) is 70.6 Å². The van der Waals surface area contributed by atoms with E-state index in [-0.39, 0.29) is 6.61 Å². The highest BCUT2D eigenvalue weighted by Gasteiger charge is 2.29. The van der Waals surface area contributed by atoms with Crippen LogP contribution in [0.25, 0.3) is 0 Å². The third kappa shape index (κ3) is 8.66. The predicted octanol–water partition coefficient (Wildman–Crippen LogP) is 7.99. The number of hydrogen-bond acceptors (Lipinski definition) is 1. The number of hydrogen-bond donors (Lipinski definition) is 0.